The number of non-ortho nitro benzene ring substituents is 1. The molecule has 1 rings (SSSR count). The van der Waals surface area contributed by atoms with Crippen molar-refractivity contribution >= 4 is 5.69 Å². The summed E-state index contributed by atoms with van der Waals surface area (Å²) in [6.45, 7) is 5.36. The molecular weight excluding hydrogens is 220 g/mol. The molecule has 0 aliphatic heterocycles. The molecule has 0 aliphatic carbocycles. The Morgan fingerprint density at radius 3 is 2.41 bits per heavy atom. The third-order valence-corrected chi connectivity index (χ3v) is 2.42. The molecule has 0 atom stereocenters. The highest BCUT2D eigenvalue weighted by atomic mass is 16.6. The molecule has 0 radical (unpaired) electrons. The van der Waals surface area contributed by atoms with E-state index in [1.165, 1.54) is 12.1 Å². The minimum Gasteiger partial charge on any atom is -0.383 e. The van der Waals surface area contributed by atoms with Crippen molar-refractivity contribution in [1.29, 1.82) is 0 Å². The summed E-state index contributed by atoms with van der Waals surface area (Å²) in [5, 5.41) is 13.8. The van der Waals surface area contributed by atoms with Gasteiger partial charge in [0.15, 0.2) is 0 Å². The van der Waals surface area contributed by atoms with E-state index in [0.29, 0.717) is 13.2 Å². The van der Waals surface area contributed by atoms with E-state index in [9.17, 15) is 10.1 Å². The summed E-state index contributed by atoms with van der Waals surface area (Å²) < 4.78 is 5.09. The largest absolute Gasteiger partial charge is 0.383 e. The molecule has 0 aromatic heterocycles. The fourth-order valence-electron chi connectivity index (χ4n) is 1.49. The van der Waals surface area contributed by atoms with E-state index >= 15 is 0 Å². The first kappa shape index (κ1) is 13.6. The van der Waals surface area contributed by atoms with Crippen LogP contribution in [0.5, 0.6) is 0 Å². The Morgan fingerprint density at radius 1 is 1.35 bits per heavy atom. The number of benzene rings is 1. The van der Waals surface area contributed by atoms with Crippen molar-refractivity contribution in [2.24, 2.45) is 0 Å². The zero-order valence-electron chi connectivity index (χ0n) is 10.4. The van der Waals surface area contributed by atoms with Crippen molar-refractivity contribution in [3.05, 3.63) is 39.9 Å². The predicted octanol–water partition coefficient (Wildman–Crippen LogP) is 2.11. The van der Waals surface area contributed by atoms with Crippen LogP contribution in [0.25, 0.3) is 0 Å². The van der Waals surface area contributed by atoms with Gasteiger partial charge in [0.25, 0.3) is 5.69 Å². The average Bonchev–Trinajstić information content (AvgIpc) is 2.27. The van der Waals surface area contributed by atoms with Crippen LogP contribution in [0.1, 0.15) is 19.4 Å². The summed E-state index contributed by atoms with van der Waals surface area (Å²) in [4.78, 5) is 10.1. The predicted molar refractivity (Wildman–Crippen MR) is 65.9 cm³/mol. The van der Waals surface area contributed by atoms with Crippen LogP contribution in [0.15, 0.2) is 24.3 Å². The van der Waals surface area contributed by atoms with Gasteiger partial charge in [-0.3, -0.25) is 10.1 Å². The third kappa shape index (κ3) is 4.50. The van der Waals surface area contributed by atoms with Gasteiger partial charge >= 0.3 is 0 Å². The lowest BCUT2D eigenvalue weighted by molar-refractivity contribution is -0.384. The molecular formula is C12H18N2O3. The van der Waals surface area contributed by atoms with Crippen LogP contribution in [0.4, 0.5) is 5.69 Å². The van der Waals surface area contributed by atoms with Gasteiger partial charge < -0.3 is 10.1 Å². The normalized spacial score (nSPS) is 11.5. The number of hydrogen-bond acceptors (Lipinski definition) is 4. The molecule has 0 aliphatic rings. The second-order valence-electron chi connectivity index (χ2n) is 4.59. The standard InChI is InChI=1S/C12H18N2O3/c1-12(2,9-17-3)13-8-10-4-6-11(7-5-10)14(15)16/h4-7,13H,8-9H2,1-3H3. The van der Waals surface area contributed by atoms with Crippen LogP contribution < -0.4 is 5.32 Å². The van der Waals surface area contributed by atoms with Crippen LogP contribution in [0.2, 0.25) is 0 Å². The fourth-order valence-corrected chi connectivity index (χ4v) is 1.49. The van der Waals surface area contributed by atoms with Gasteiger partial charge in [-0.25, -0.2) is 0 Å². The van der Waals surface area contributed by atoms with Crippen molar-refractivity contribution in [1.82, 2.24) is 5.32 Å². The maximum absolute atomic E-state index is 10.5. The van der Waals surface area contributed by atoms with Gasteiger partial charge in [0.05, 0.1) is 11.5 Å². The summed E-state index contributed by atoms with van der Waals surface area (Å²) in [5.41, 5.74) is 1.01. The summed E-state index contributed by atoms with van der Waals surface area (Å²) in [6, 6.07) is 6.54. The van der Waals surface area contributed by atoms with E-state index < -0.39 is 4.92 Å². The first-order valence-corrected chi connectivity index (χ1v) is 5.42. The highest BCUT2D eigenvalue weighted by Gasteiger charge is 2.16. The molecule has 0 spiro atoms. The molecule has 0 saturated heterocycles. The van der Waals surface area contributed by atoms with Gasteiger partial charge in [-0.05, 0) is 19.4 Å². The topological polar surface area (TPSA) is 64.4 Å². The van der Waals surface area contributed by atoms with E-state index in [4.69, 9.17) is 4.74 Å². The lowest BCUT2D eigenvalue weighted by Crippen LogP contribution is -2.42. The Hall–Kier alpha value is -1.46. The lowest BCUT2D eigenvalue weighted by atomic mass is 10.1. The Balaban J connectivity index is 2.55. The molecule has 94 valence electrons. The summed E-state index contributed by atoms with van der Waals surface area (Å²) in [7, 11) is 1.66. The quantitative estimate of drug-likeness (QED) is 0.609. The maximum Gasteiger partial charge on any atom is 0.269 e. The Morgan fingerprint density at radius 2 is 1.94 bits per heavy atom. The molecule has 0 saturated carbocycles. The van der Waals surface area contributed by atoms with Crippen molar-refractivity contribution < 1.29 is 9.66 Å². The van der Waals surface area contributed by atoms with Crippen LogP contribution in [0.3, 0.4) is 0 Å². The third-order valence-electron chi connectivity index (χ3n) is 2.42. The molecule has 1 aromatic rings. The summed E-state index contributed by atoms with van der Waals surface area (Å²) >= 11 is 0. The van der Waals surface area contributed by atoms with Gasteiger partial charge in [0, 0.05) is 31.3 Å². The number of nitrogens with zero attached hydrogens (tertiary/aromatic N) is 1. The highest BCUT2D eigenvalue weighted by Crippen LogP contribution is 2.12. The van der Waals surface area contributed by atoms with E-state index in [-0.39, 0.29) is 11.2 Å². The molecule has 0 bridgehead atoms. The molecule has 5 nitrogen and oxygen atoms in total. The van der Waals surface area contributed by atoms with E-state index in [2.05, 4.69) is 5.32 Å². The molecule has 17 heavy (non-hydrogen) atoms. The molecule has 0 unspecified atom stereocenters. The van der Waals surface area contributed by atoms with Crippen molar-refractivity contribution in [3.63, 3.8) is 0 Å². The number of nitrogens with one attached hydrogen (secondary N) is 1. The van der Waals surface area contributed by atoms with Crippen LogP contribution in [0, 0.1) is 10.1 Å². The van der Waals surface area contributed by atoms with Crippen molar-refractivity contribution in [2.75, 3.05) is 13.7 Å². The van der Waals surface area contributed by atoms with Gasteiger partial charge in [0.1, 0.15) is 0 Å². The zero-order chi connectivity index (χ0) is 12.9. The maximum atomic E-state index is 10.5. The number of nitro benzene ring substituents is 1. The average molecular weight is 238 g/mol. The molecule has 0 heterocycles. The molecule has 1 aromatic carbocycles. The first-order chi connectivity index (χ1) is 7.94. The molecule has 0 fully saturated rings. The minimum atomic E-state index is -0.397. The fraction of sp³-hybridized carbons (Fsp3) is 0.500. The van der Waals surface area contributed by atoms with Gasteiger partial charge in [-0.1, -0.05) is 12.1 Å². The Kier molecular flexibility index (Phi) is 4.60. The van der Waals surface area contributed by atoms with E-state index in [1.54, 1.807) is 19.2 Å². The van der Waals surface area contributed by atoms with Crippen molar-refractivity contribution in [2.45, 2.75) is 25.9 Å². The first-order valence-electron chi connectivity index (χ1n) is 5.42. The van der Waals surface area contributed by atoms with Gasteiger partial charge in [-0.2, -0.15) is 0 Å². The van der Waals surface area contributed by atoms with E-state index in [1.807, 2.05) is 13.8 Å². The summed E-state index contributed by atoms with van der Waals surface area (Å²) in [6.07, 6.45) is 0. The lowest BCUT2D eigenvalue weighted by Gasteiger charge is -2.25. The van der Waals surface area contributed by atoms with Crippen LogP contribution in [-0.4, -0.2) is 24.2 Å². The Labute approximate surface area is 101 Å². The number of hydrogen-bond donors (Lipinski definition) is 1. The second-order valence-corrected chi connectivity index (χ2v) is 4.59. The number of nitro groups is 1. The summed E-state index contributed by atoms with van der Waals surface area (Å²) in [5.74, 6) is 0. The number of rotatable bonds is 6. The SMILES string of the molecule is COCC(C)(C)NCc1ccc([N+](=O)[O-])cc1. The van der Waals surface area contributed by atoms with E-state index in [0.717, 1.165) is 5.56 Å². The minimum absolute atomic E-state index is 0.115. The number of ether oxygens (including phenoxy) is 1. The second kappa shape index (κ2) is 5.75. The van der Waals surface area contributed by atoms with Gasteiger partial charge in [0.2, 0.25) is 0 Å². The Bertz CT molecular complexity index is 374. The highest BCUT2D eigenvalue weighted by molar-refractivity contribution is 5.32. The van der Waals surface area contributed by atoms with Crippen molar-refractivity contribution in [3.8, 4) is 0 Å². The molecule has 1 N–H and O–H groups in total. The van der Waals surface area contributed by atoms with Gasteiger partial charge in [-0.15, -0.1) is 0 Å². The molecule has 0 amide bonds. The smallest absolute Gasteiger partial charge is 0.269 e. The van der Waals surface area contributed by atoms with Crippen LogP contribution >= 0.6 is 0 Å². The monoisotopic (exact) mass is 238 g/mol. The zero-order valence-corrected chi connectivity index (χ0v) is 10.4. The van der Waals surface area contributed by atoms with Crippen LogP contribution in [-0.2, 0) is 11.3 Å². The number of methoxy groups -OCH3 is 1. The molecule has 5 heteroatoms.